The fraction of sp³-hybridized carbons (Fsp3) is 0.571. The molecule has 2 aromatic rings. The van der Waals surface area contributed by atoms with Crippen LogP contribution in [0, 0.1) is 17.8 Å². The Hall–Kier alpha value is -6.61. The molecule has 2 saturated heterocycles. The number of phenolic OH excluding ortho intramolecular Hbond substituents is 1. The van der Waals surface area contributed by atoms with Gasteiger partial charge in [0.1, 0.15) is 66.5 Å². The third kappa shape index (κ3) is 14.9. The maximum Gasteiger partial charge on any atom is 0.329 e. The number of hydrogen-bond acceptors (Lipinski definition) is 13. The van der Waals surface area contributed by atoms with Crippen LogP contribution < -0.4 is 32.3 Å². The summed E-state index contributed by atoms with van der Waals surface area (Å²) in [5, 5.41) is 44.5. The average Bonchev–Trinajstić information content (AvgIpc) is 3.30. The molecule has 70 heavy (non-hydrogen) atoms. The van der Waals surface area contributed by atoms with E-state index >= 15 is 0 Å². The first-order chi connectivity index (χ1) is 32.9. The van der Waals surface area contributed by atoms with Gasteiger partial charge in [0.05, 0.1) is 6.42 Å². The number of carbonyl (C=O) groups is 9. The number of carbonyl (C=O) groups excluding carboxylic acids is 9. The van der Waals surface area contributed by atoms with Gasteiger partial charge in [0.15, 0.2) is 0 Å². The zero-order valence-corrected chi connectivity index (χ0v) is 41.0. The first kappa shape index (κ1) is 56.0. The minimum Gasteiger partial charge on any atom is -0.508 e. The molecule has 4 rings (SSSR count). The van der Waals surface area contributed by atoms with E-state index in [1.54, 1.807) is 71.9 Å². The van der Waals surface area contributed by atoms with Crippen LogP contribution in [0.3, 0.4) is 0 Å². The topological polar surface area (TPSA) is 316 Å². The number of aliphatic hydroxyl groups excluding tert-OH is 2. The molecule has 2 aliphatic rings. The van der Waals surface area contributed by atoms with Gasteiger partial charge in [0.25, 0.3) is 0 Å². The van der Waals surface area contributed by atoms with Crippen molar-refractivity contribution in [3.05, 3.63) is 65.7 Å². The van der Waals surface area contributed by atoms with E-state index in [1.807, 2.05) is 0 Å². The number of amides is 8. The van der Waals surface area contributed by atoms with E-state index in [2.05, 4.69) is 26.6 Å². The van der Waals surface area contributed by atoms with Gasteiger partial charge in [0, 0.05) is 19.9 Å². The van der Waals surface area contributed by atoms with Crippen LogP contribution in [0.1, 0.15) is 91.7 Å². The Balaban J connectivity index is 1.81. The highest BCUT2D eigenvalue weighted by Gasteiger charge is 2.47. The van der Waals surface area contributed by atoms with Crippen molar-refractivity contribution in [2.75, 3.05) is 7.05 Å². The highest BCUT2D eigenvalue weighted by Crippen LogP contribution is 2.28. The van der Waals surface area contributed by atoms with Crippen molar-refractivity contribution in [1.82, 2.24) is 36.4 Å². The van der Waals surface area contributed by atoms with Crippen molar-refractivity contribution in [3.8, 4) is 5.75 Å². The van der Waals surface area contributed by atoms with Crippen LogP contribution in [0.4, 0.5) is 0 Å². The molecule has 0 saturated carbocycles. The number of piperidine rings is 1. The van der Waals surface area contributed by atoms with E-state index in [4.69, 9.17) is 10.5 Å². The molecule has 2 heterocycles. The van der Waals surface area contributed by atoms with E-state index < -0.39 is 132 Å². The van der Waals surface area contributed by atoms with Gasteiger partial charge in [0.2, 0.25) is 47.3 Å². The Morgan fingerprint density at radius 2 is 1.49 bits per heavy atom. The molecule has 2 unspecified atom stereocenters. The largest absolute Gasteiger partial charge is 0.508 e. The van der Waals surface area contributed by atoms with Gasteiger partial charge in [-0.25, -0.2) is 4.79 Å². The van der Waals surface area contributed by atoms with Crippen molar-refractivity contribution < 1.29 is 63.2 Å². The number of nitrogens with one attached hydrogen (secondary N) is 5. The van der Waals surface area contributed by atoms with E-state index in [9.17, 15) is 58.5 Å². The second-order valence-electron chi connectivity index (χ2n) is 19.0. The van der Waals surface area contributed by atoms with Crippen molar-refractivity contribution in [3.63, 3.8) is 0 Å². The third-order valence-corrected chi connectivity index (χ3v) is 12.6. The lowest BCUT2D eigenvalue weighted by Crippen LogP contribution is -2.66. The molecule has 8 amide bonds. The van der Waals surface area contributed by atoms with E-state index in [0.29, 0.717) is 17.5 Å². The number of cyclic esters (lactones) is 1. The van der Waals surface area contributed by atoms with Crippen LogP contribution >= 0.6 is 0 Å². The molecule has 10 N–H and O–H groups in total. The molecule has 384 valence electrons. The van der Waals surface area contributed by atoms with Crippen molar-refractivity contribution >= 4 is 53.2 Å². The standard InChI is InChI=1S/C49H70N8O13/c1-9-27(6)41-48(68)56(8)35(22-29-13-11-10-12-14-29)44(64)54-39(26(4)5)49(69)70-28(7)40(46(66)53-33(21-25(2)3)42(62)51-32-19-20-38(61)57(41)47(32)67)55-43(63)34(24-37(50)60)52-45(65)36(59)23-30-15-17-31(58)18-16-30/h10-18,25-28,32-36,38-41,58-59,61H,9,19-24H2,1-8H3,(H2,50,60)(H,51,62)(H,52,65)(H,53,66)(H,54,64)(H,55,63)/t27-,28+,32-,33-,34-,35?,36?,38+,39-,40-,41-/m0/s1. The molecule has 2 bridgehead atoms. The lowest BCUT2D eigenvalue weighted by molar-refractivity contribution is -0.168. The van der Waals surface area contributed by atoms with Crippen LogP contribution in [0.2, 0.25) is 0 Å². The summed E-state index contributed by atoms with van der Waals surface area (Å²) in [5.74, 6) is -10.1. The summed E-state index contributed by atoms with van der Waals surface area (Å²) in [6.45, 7) is 11.5. The summed E-state index contributed by atoms with van der Waals surface area (Å²) < 4.78 is 5.84. The molecule has 2 fully saturated rings. The number of aliphatic hydroxyl groups is 2. The van der Waals surface area contributed by atoms with Crippen LogP contribution in [-0.2, 0) is 60.7 Å². The Morgan fingerprint density at radius 1 is 0.843 bits per heavy atom. The number of phenols is 1. The van der Waals surface area contributed by atoms with Crippen LogP contribution in [0.5, 0.6) is 5.75 Å². The molecule has 2 aliphatic heterocycles. The molecule has 21 nitrogen and oxygen atoms in total. The number of nitrogens with two attached hydrogens (primary N) is 1. The second-order valence-corrected chi connectivity index (χ2v) is 19.0. The van der Waals surface area contributed by atoms with Gasteiger partial charge in [-0.15, -0.1) is 0 Å². The van der Waals surface area contributed by atoms with E-state index in [-0.39, 0.29) is 43.8 Å². The van der Waals surface area contributed by atoms with Gasteiger partial charge < -0.3 is 62.2 Å². The maximum atomic E-state index is 14.8. The Bertz CT molecular complexity index is 2190. The highest BCUT2D eigenvalue weighted by molar-refractivity contribution is 5.99. The first-order valence-electron chi connectivity index (χ1n) is 23.7. The zero-order valence-electron chi connectivity index (χ0n) is 41.0. The molecule has 21 heteroatoms. The average molecular weight is 979 g/mol. The number of benzene rings is 2. The number of likely N-dealkylation sites (N-methyl/N-ethyl adjacent to an activating group) is 1. The lowest BCUT2D eigenvalue weighted by Gasteiger charge is -2.44. The molecule has 0 radical (unpaired) electrons. The predicted octanol–water partition coefficient (Wildman–Crippen LogP) is -0.332. The SMILES string of the molecule is CC[C@H](C)[C@H]1C(=O)N(C)C(Cc2ccccc2)C(=O)N[C@@H](C(C)C)C(=O)O[C@H](C)[C@H](NC(=O)[C@H](CC(N)=O)NC(=O)C(O)Cc2ccc(O)cc2)C(=O)N[C@@H](CC(C)C)C(=O)N[C@H]2CC[C@@H](O)N1C2=O. The molecular formula is C49H70N8O13. The number of fused-ring (bicyclic) bond motifs is 2. The second kappa shape index (κ2) is 25.3. The highest BCUT2D eigenvalue weighted by atomic mass is 16.5. The van der Waals surface area contributed by atoms with Gasteiger partial charge in [-0.3, -0.25) is 38.4 Å². The predicted molar refractivity (Wildman–Crippen MR) is 253 cm³/mol. The van der Waals surface area contributed by atoms with Crippen LogP contribution in [-0.4, -0.2) is 146 Å². The number of primary amides is 1. The number of nitrogens with zero attached hydrogens (tertiary/aromatic N) is 2. The number of aromatic hydroxyl groups is 1. The minimum atomic E-state index is -1.87. The molecular weight excluding hydrogens is 909 g/mol. The first-order valence-corrected chi connectivity index (χ1v) is 23.7. The molecule has 2 aromatic carbocycles. The molecule has 0 spiro atoms. The quantitative estimate of drug-likeness (QED) is 0.103. The van der Waals surface area contributed by atoms with Gasteiger partial charge in [-0.05, 0) is 67.2 Å². The van der Waals surface area contributed by atoms with Crippen LogP contribution in [0.25, 0.3) is 0 Å². The van der Waals surface area contributed by atoms with Crippen molar-refractivity contribution in [2.24, 2.45) is 23.5 Å². The molecule has 0 aliphatic carbocycles. The normalized spacial score (nSPS) is 25.5. The summed E-state index contributed by atoms with van der Waals surface area (Å²) in [4.78, 5) is 129. The monoisotopic (exact) mass is 979 g/mol. The Morgan fingerprint density at radius 3 is 2.07 bits per heavy atom. The number of rotatable bonds is 15. The summed E-state index contributed by atoms with van der Waals surface area (Å²) in [5.41, 5.74) is 6.55. The summed E-state index contributed by atoms with van der Waals surface area (Å²) in [6.07, 6.45) is -5.66. The smallest absolute Gasteiger partial charge is 0.329 e. The van der Waals surface area contributed by atoms with Gasteiger partial charge in [-0.2, -0.15) is 0 Å². The third-order valence-electron chi connectivity index (χ3n) is 12.6. The minimum absolute atomic E-state index is 0.0119. The molecule has 0 aromatic heterocycles. The van der Waals surface area contributed by atoms with E-state index in [0.717, 1.165) is 4.90 Å². The Kier molecular flexibility index (Phi) is 20.2. The summed E-state index contributed by atoms with van der Waals surface area (Å²) >= 11 is 0. The lowest BCUT2D eigenvalue weighted by atomic mass is 9.91. The summed E-state index contributed by atoms with van der Waals surface area (Å²) in [6, 6.07) is 4.02. The molecule has 11 atom stereocenters. The van der Waals surface area contributed by atoms with E-state index in [1.165, 1.54) is 43.1 Å². The summed E-state index contributed by atoms with van der Waals surface area (Å²) in [7, 11) is 1.39. The number of ether oxygens (including phenoxy) is 1. The number of esters is 1. The fourth-order valence-corrected chi connectivity index (χ4v) is 8.41. The van der Waals surface area contributed by atoms with Gasteiger partial charge >= 0.3 is 5.97 Å². The Labute approximate surface area is 408 Å². The fourth-order valence-electron chi connectivity index (χ4n) is 8.41. The zero-order chi connectivity index (χ0) is 52.1. The maximum absolute atomic E-state index is 14.8. The van der Waals surface area contributed by atoms with Crippen molar-refractivity contribution in [2.45, 2.75) is 154 Å². The van der Waals surface area contributed by atoms with Crippen LogP contribution in [0.15, 0.2) is 54.6 Å². The van der Waals surface area contributed by atoms with Crippen molar-refractivity contribution in [1.29, 1.82) is 0 Å². The van der Waals surface area contributed by atoms with Gasteiger partial charge in [-0.1, -0.05) is 90.4 Å². The number of hydrogen-bond donors (Lipinski definition) is 9.